The van der Waals surface area contributed by atoms with E-state index in [9.17, 15) is 18.4 Å². The van der Waals surface area contributed by atoms with Crippen molar-refractivity contribution in [1.82, 2.24) is 4.90 Å². The average molecular weight is 416 g/mol. The molecule has 160 valence electrons. The maximum Gasteiger partial charge on any atom is 0.323 e. The van der Waals surface area contributed by atoms with Crippen LogP contribution in [0.1, 0.15) is 37.0 Å². The van der Waals surface area contributed by atoms with E-state index in [1.165, 1.54) is 6.07 Å². The maximum atomic E-state index is 13.3. The summed E-state index contributed by atoms with van der Waals surface area (Å²) in [5.74, 6) is -2.13. The highest BCUT2D eigenvalue weighted by Gasteiger charge is 2.23. The van der Waals surface area contributed by atoms with Gasteiger partial charge in [-0.1, -0.05) is 0 Å². The predicted octanol–water partition coefficient (Wildman–Crippen LogP) is 4.69. The summed E-state index contributed by atoms with van der Waals surface area (Å²) in [6.45, 7) is 6.80. The van der Waals surface area contributed by atoms with E-state index in [1.54, 1.807) is 17.0 Å². The Morgan fingerprint density at radius 2 is 1.53 bits per heavy atom. The molecule has 2 aromatic rings. The van der Waals surface area contributed by atoms with Crippen LogP contribution in [0.2, 0.25) is 0 Å². The molecule has 6 nitrogen and oxygen atoms in total. The Morgan fingerprint density at radius 1 is 0.933 bits per heavy atom. The van der Waals surface area contributed by atoms with Crippen LogP contribution in [0.15, 0.2) is 36.4 Å². The van der Waals surface area contributed by atoms with E-state index in [4.69, 9.17) is 0 Å². The van der Waals surface area contributed by atoms with Gasteiger partial charge in [-0.2, -0.15) is 0 Å². The highest BCUT2D eigenvalue weighted by atomic mass is 19.2. The number of rotatable bonds is 6. The molecule has 2 aromatic carbocycles. The molecule has 30 heavy (non-hydrogen) atoms. The zero-order valence-corrected chi connectivity index (χ0v) is 17.2. The van der Waals surface area contributed by atoms with Crippen LogP contribution >= 0.6 is 0 Å². The fourth-order valence-corrected chi connectivity index (χ4v) is 3.57. The van der Waals surface area contributed by atoms with Crippen LogP contribution in [0.5, 0.6) is 0 Å². The van der Waals surface area contributed by atoms with Crippen molar-refractivity contribution in [3.8, 4) is 0 Å². The topological polar surface area (TPSA) is 64.7 Å². The van der Waals surface area contributed by atoms with Crippen molar-refractivity contribution in [2.75, 3.05) is 41.7 Å². The molecular weight excluding hydrogens is 390 g/mol. The first-order valence-electron chi connectivity index (χ1n) is 10.1. The molecule has 2 N–H and O–H groups in total. The molecule has 3 amide bonds. The van der Waals surface area contributed by atoms with Gasteiger partial charge in [-0.15, -0.1) is 0 Å². The highest BCUT2D eigenvalue weighted by Crippen LogP contribution is 2.29. The third-order valence-corrected chi connectivity index (χ3v) is 5.16. The molecular formula is C22H26F2N4O2. The molecule has 0 saturated carbocycles. The van der Waals surface area contributed by atoms with Crippen molar-refractivity contribution in [1.29, 1.82) is 0 Å². The van der Waals surface area contributed by atoms with Crippen LogP contribution in [0.25, 0.3) is 0 Å². The molecule has 1 heterocycles. The van der Waals surface area contributed by atoms with Gasteiger partial charge < -0.3 is 20.4 Å². The van der Waals surface area contributed by atoms with Crippen LogP contribution in [0, 0.1) is 11.6 Å². The number of carbonyl (C=O) groups is 2. The Kier molecular flexibility index (Phi) is 6.87. The second-order valence-electron chi connectivity index (χ2n) is 7.11. The van der Waals surface area contributed by atoms with E-state index in [1.807, 2.05) is 19.9 Å². The lowest BCUT2D eigenvalue weighted by Crippen LogP contribution is -2.32. The molecule has 0 aromatic heterocycles. The van der Waals surface area contributed by atoms with Crippen molar-refractivity contribution in [2.45, 2.75) is 26.7 Å². The van der Waals surface area contributed by atoms with Gasteiger partial charge >= 0.3 is 6.03 Å². The van der Waals surface area contributed by atoms with E-state index >= 15 is 0 Å². The number of halogens is 2. The summed E-state index contributed by atoms with van der Waals surface area (Å²) in [6.07, 6.45) is 2.16. The molecule has 0 atom stereocenters. The van der Waals surface area contributed by atoms with Gasteiger partial charge in [0, 0.05) is 49.3 Å². The Morgan fingerprint density at radius 3 is 2.13 bits per heavy atom. The number of amides is 3. The molecule has 1 fully saturated rings. The lowest BCUT2D eigenvalue weighted by Gasteiger charge is -2.25. The van der Waals surface area contributed by atoms with Gasteiger partial charge in [-0.3, -0.25) is 4.79 Å². The largest absolute Gasteiger partial charge is 0.371 e. The molecule has 0 unspecified atom stereocenters. The predicted molar refractivity (Wildman–Crippen MR) is 114 cm³/mol. The van der Waals surface area contributed by atoms with Crippen LogP contribution in [-0.2, 0) is 0 Å². The van der Waals surface area contributed by atoms with Crippen molar-refractivity contribution in [2.24, 2.45) is 0 Å². The zero-order chi connectivity index (χ0) is 21.7. The molecule has 1 aliphatic rings. The Bertz CT molecular complexity index is 925. The lowest BCUT2D eigenvalue weighted by atomic mass is 10.1. The number of hydrogen-bond acceptors (Lipinski definition) is 3. The zero-order valence-electron chi connectivity index (χ0n) is 17.2. The van der Waals surface area contributed by atoms with Crippen molar-refractivity contribution in [3.05, 3.63) is 53.6 Å². The molecule has 8 heteroatoms. The first-order valence-corrected chi connectivity index (χ1v) is 10.1. The molecule has 3 rings (SSSR count). The molecule has 0 spiro atoms. The third-order valence-electron chi connectivity index (χ3n) is 5.16. The van der Waals surface area contributed by atoms with E-state index < -0.39 is 17.7 Å². The molecule has 0 radical (unpaired) electrons. The minimum Gasteiger partial charge on any atom is -0.371 e. The van der Waals surface area contributed by atoms with E-state index in [0.29, 0.717) is 24.3 Å². The normalized spacial score (nSPS) is 13.3. The molecule has 1 saturated heterocycles. The number of anilines is 3. The summed E-state index contributed by atoms with van der Waals surface area (Å²) in [5.41, 5.74) is 1.95. The van der Waals surface area contributed by atoms with Crippen LogP contribution in [-0.4, -0.2) is 43.0 Å². The smallest absolute Gasteiger partial charge is 0.323 e. The van der Waals surface area contributed by atoms with Gasteiger partial charge in [0.1, 0.15) is 0 Å². The second kappa shape index (κ2) is 9.56. The minimum atomic E-state index is -1.05. The Balaban J connectivity index is 1.82. The lowest BCUT2D eigenvalue weighted by molar-refractivity contribution is 0.0773. The van der Waals surface area contributed by atoms with E-state index in [-0.39, 0.29) is 11.6 Å². The monoisotopic (exact) mass is 416 g/mol. The van der Waals surface area contributed by atoms with Crippen LogP contribution in [0.3, 0.4) is 0 Å². The standard InChI is InChI=1S/C22H26F2N4O2/c1-3-27(4-2)21(29)17-13-15(8-10-20(17)28-11-5-6-12-28)25-22(30)26-16-7-9-18(23)19(24)14-16/h7-10,13-14H,3-6,11-12H2,1-2H3,(H2,25,26,30). The summed E-state index contributed by atoms with van der Waals surface area (Å²) in [6, 6.07) is 7.74. The van der Waals surface area contributed by atoms with Gasteiger partial charge in [0.2, 0.25) is 0 Å². The quantitative estimate of drug-likeness (QED) is 0.718. The summed E-state index contributed by atoms with van der Waals surface area (Å²) in [7, 11) is 0. The number of nitrogens with zero attached hydrogens (tertiary/aromatic N) is 2. The van der Waals surface area contributed by atoms with Crippen LogP contribution in [0.4, 0.5) is 30.6 Å². The fraction of sp³-hybridized carbons (Fsp3) is 0.364. The summed E-state index contributed by atoms with van der Waals surface area (Å²) >= 11 is 0. The van der Waals surface area contributed by atoms with Gasteiger partial charge in [0.05, 0.1) is 5.56 Å². The maximum absolute atomic E-state index is 13.3. The Labute approximate surface area is 174 Å². The summed E-state index contributed by atoms with van der Waals surface area (Å²) < 4.78 is 26.4. The molecule has 0 aliphatic carbocycles. The van der Waals surface area contributed by atoms with E-state index in [0.717, 1.165) is 43.8 Å². The number of hydrogen-bond donors (Lipinski definition) is 2. The van der Waals surface area contributed by atoms with Gasteiger partial charge in [-0.05, 0) is 57.0 Å². The highest BCUT2D eigenvalue weighted by molar-refractivity contribution is 6.04. The van der Waals surface area contributed by atoms with Crippen molar-refractivity contribution >= 4 is 29.0 Å². The van der Waals surface area contributed by atoms with Crippen molar-refractivity contribution < 1.29 is 18.4 Å². The Hall–Kier alpha value is -3.16. The van der Waals surface area contributed by atoms with Crippen molar-refractivity contribution in [3.63, 3.8) is 0 Å². The first kappa shape index (κ1) is 21.5. The summed E-state index contributed by atoms with van der Waals surface area (Å²) in [4.78, 5) is 29.3. The SMILES string of the molecule is CCN(CC)C(=O)c1cc(NC(=O)Nc2ccc(F)c(F)c2)ccc1N1CCCC1. The average Bonchev–Trinajstić information content (AvgIpc) is 3.26. The number of carbonyl (C=O) groups excluding carboxylic acids is 2. The van der Waals surface area contributed by atoms with Gasteiger partial charge in [-0.25, -0.2) is 13.6 Å². The minimum absolute atomic E-state index is 0.0911. The number of urea groups is 1. The molecule has 1 aliphatic heterocycles. The van der Waals surface area contributed by atoms with Crippen LogP contribution < -0.4 is 15.5 Å². The second-order valence-corrected chi connectivity index (χ2v) is 7.11. The van der Waals surface area contributed by atoms with Gasteiger partial charge in [0.25, 0.3) is 5.91 Å². The third kappa shape index (κ3) is 4.87. The first-order chi connectivity index (χ1) is 14.4. The summed E-state index contributed by atoms with van der Waals surface area (Å²) in [5, 5.41) is 5.12. The number of nitrogens with one attached hydrogen (secondary N) is 2. The number of benzene rings is 2. The fourth-order valence-electron chi connectivity index (χ4n) is 3.57. The molecule has 0 bridgehead atoms. The van der Waals surface area contributed by atoms with Gasteiger partial charge in [0.15, 0.2) is 11.6 Å². The van der Waals surface area contributed by atoms with E-state index in [2.05, 4.69) is 15.5 Å².